The van der Waals surface area contributed by atoms with Crippen molar-refractivity contribution in [1.82, 2.24) is 0 Å². The number of phenolic OH excluding ortho intramolecular Hbond substituents is 2. The van der Waals surface area contributed by atoms with Crippen LogP contribution in [0.25, 0.3) is 0 Å². The van der Waals surface area contributed by atoms with Gasteiger partial charge in [-0.2, -0.15) is 0 Å². The monoisotopic (exact) mass is 394 g/mol. The number of ether oxygens (including phenoxy) is 2. The number of aromatic hydroxyl groups is 2. The second-order valence-corrected chi connectivity index (χ2v) is 8.09. The zero-order chi connectivity index (χ0) is 21.1. The number of phenols is 2. The third kappa shape index (κ3) is 2.79. The topological polar surface area (TPSA) is 93.1 Å². The fourth-order valence-electron chi connectivity index (χ4n) is 4.35. The van der Waals surface area contributed by atoms with Crippen LogP contribution >= 0.6 is 0 Å². The molecule has 1 aliphatic heterocycles. The normalized spacial score (nSPS) is 24.9. The predicted octanol–water partition coefficient (Wildman–Crippen LogP) is 4.03. The standard InChI is InChI=1S/C23H22O6/c1-5-10-23(4)21(28-22(2,3)29-23)14-11-15(24)16-17(20(14)27)19(26)13-9-7-6-8-12(13)18(16)25/h5-9,11,21,24,27H,1,10H2,2-4H3/t21?,23-/m0/s1. The average molecular weight is 394 g/mol. The molecule has 2 aromatic carbocycles. The van der Waals surface area contributed by atoms with E-state index in [1.165, 1.54) is 18.2 Å². The lowest BCUT2D eigenvalue weighted by Gasteiger charge is -2.29. The molecule has 0 amide bonds. The predicted molar refractivity (Wildman–Crippen MR) is 105 cm³/mol. The SMILES string of the molecule is C=CC[C@]1(C)OC(C)(C)OC1c1cc(O)c2c(c1O)C(=O)c1ccccc1C2=O. The summed E-state index contributed by atoms with van der Waals surface area (Å²) >= 11 is 0. The summed E-state index contributed by atoms with van der Waals surface area (Å²) < 4.78 is 12.1. The van der Waals surface area contributed by atoms with E-state index >= 15 is 0 Å². The molecule has 2 aromatic rings. The molecule has 2 aliphatic rings. The Balaban J connectivity index is 1.93. The van der Waals surface area contributed by atoms with Crippen LogP contribution in [0.2, 0.25) is 0 Å². The van der Waals surface area contributed by atoms with Crippen LogP contribution in [0.4, 0.5) is 0 Å². The molecule has 6 nitrogen and oxygen atoms in total. The Hall–Kier alpha value is -2.96. The maximum absolute atomic E-state index is 13.1. The van der Waals surface area contributed by atoms with Crippen LogP contribution in [0, 0.1) is 0 Å². The van der Waals surface area contributed by atoms with Crippen LogP contribution in [0.5, 0.6) is 11.5 Å². The second kappa shape index (κ2) is 6.27. The largest absolute Gasteiger partial charge is 0.507 e. The van der Waals surface area contributed by atoms with Crippen molar-refractivity contribution in [3.8, 4) is 11.5 Å². The Bertz CT molecular complexity index is 1070. The number of rotatable bonds is 3. The lowest BCUT2D eigenvalue weighted by atomic mass is 9.80. The highest BCUT2D eigenvalue weighted by atomic mass is 16.8. The number of hydrogen-bond donors (Lipinski definition) is 2. The van der Waals surface area contributed by atoms with Gasteiger partial charge < -0.3 is 19.7 Å². The van der Waals surface area contributed by atoms with Crippen molar-refractivity contribution in [3.05, 3.63) is 70.8 Å². The summed E-state index contributed by atoms with van der Waals surface area (Å²) in [6, 6.07) is 7.63. The van der Waals surface area contributed by atoms with Gasteiger partial charge in [0.15, 0.2) is 17.4 Å². The molecule has 1 unspecified atom stereocenters. The van der Waals surface area contributed by atoms with E-state index in [0.717, 1.165) is 0 Å². The number of fused-ring (bicyclic) bond motifs is 2. The van der Waals surface area contributed by atoms with Gasteiger partial charge in [0, 0.05) is 16.7 Å². The Morgan fingerprint density at radius 3 is 2.24 bits per heavy atom. The van der Waals surface area contributed by atoms with Crippen LogP contribution in [0.15, 0.2) is 43.0 Å². The molecular formula is C23H22O6. The van der Waals surface area contributed by atoms with Gasteiger partial charge in [0.2, 0.25) is 0 Å². The Morgan fingerprint density at radius 2 is 1.66 bits per heavy atom. The van der Waals surface area contributed by atoms with E-state index in [1.54, 1.807) is 32.1 Å². The lowest BCUT2D eigenvalue weighted by molar-refractivity contribution is -0.160. The minimum Gasteiger partial charge on any atom is -0.507 e. The lowest BCUT2D eigenvalue weighted by Crippen LogP contribution is -2.32. The van der Waals surface area contributed by atoms with E-state index in [-0.39, 0.29) is 39.3 Å². The molecule has 2 atom stereocenters. The third-order valence-electron chi connectivity index (χ3n) is 5.45. The summed E-state index contributed by atoms with van der Waals surface area (Å²) in [5.41, 5.74) is -0.711. The number of carbonyl (C=O) groups is 2. The van der Waals surface area contributed by atoms with Crippen LogP contribution in [0.3, 0.4) is 0 Å². The van der Waals surface area contributed by atoms with E-state index in [0.29, 0.717) is 6.42 Å². The minimum atomic E-state index is -0.952. The molecule has 1 saturated heterocycles. The van der Waals surface area contributed by atoms with Crippen LogP contribution in [-0.2, 0) is 9.47 Å². The number of ketones is 2. The maximum Gasteiger partial charge on any atom is 0.198 e. The Kier molecular flexibility index (Phi) is 4.19. The summed E-state index contributed by atoms with van der Waals surface area (Å²) in [6.07, 6.45) is 1.30. The maximum atomic E-state index is 13.1. The third-order valence-corrected chi connectivity index (χ3v) is 5.45. The molecule has 0 radical (unpaired) electrons. The minimum absolute atomic E-state index is 0.189. The molecule has 0 bridgehead atoms. The molecule has 1 aliphatic carbocycles. The fraction of sp³-hybridized carbons (Fsp3) is 0.304. The quantitative estimate of drug-likeness (QED) is 0.515. The van der Waals surface area contributed by atoms with E-state index < -0.39 is 29.1 Å². The molecule has 1 fully saturated rings. The highest BCUT2D eigenvalue weighted by Gasteiger charge is 2.52. The van der Waals surface area contributed by atoms with Crippen molar-refractivity contribution in [3.63, 3.8) is 0 Å². The van der Waals surface area contributed by atoms with Gasteiger partial charge in [0.1, 0.15) is 23.2 Å². The van der Waals surface area contributed by atoms with Gasteiger partial charge in [-0.1, -0.05) is 30.3 Å². The summed E-state index contributed by atoms with van der Waals surface area (Å²) in [5, 5.41) is 21.7. The molecule has 29 heavy (non-hydrogen) atoms. The first-order chi connectivity index (χ1) is 13.6. The molecule has 4 rings (SSSR count). The van der Waals surface area contributed by atoms with E-state index in [2.05, 4.69) is 6.58 Å². The molecule has 0 spiro atoms. The first kappa shape index (κ1) is 19.4. The zero-order valence-corrected chi connectivity index (χ0v) is 16.5. The van der Waals surface area contributed by atoms with Gasteiger partial charge in [-0.3, -0.25) is 9.59 Å². The zero-order valence-electron chi connectivity index (χ0n) is 16.5. The summed E-state index contributed by atoms with van der Waals surface area (Å²) in [5.74, 6) is -2.74. The second-order valence-electron chi connectivity index (χ2n) is 8.09. The number of carbonyl (C=O) groups excluding carboxylic acids is 2. The van der Waals surface area contributed by atoms with Gasteiger partial charge in [-0.05, 0) is 33.3 Å². The Labute approximate surface area is 168 Å². The molecule has 2 N–H and O–H groups in total. The average Bonchev–Trinajstić information content (AvgIpc) is 2.90. The van der Waals surface area contributed by atoms with Crippen LogP contribution < -0.4 is 0 Å². The van der Waals surface area contributed by atoms with E-state index in [9.17, 15) is 19.8 Å². The summed E-state index contributed by atoms with van der Waals surface area (Å²) in [6.45, 7) is 9.06. The van der Waals surface area contributed by atoms with Crippen molar-refractivity contribution in [2.45, 2.75) is 44.7 Å². The first-order valence-electron chi connectivity index (χ1n) is 9.36. The van der Waals surface area contributed by atoms with Gasteiger partial charge in [0.25, 0.3) is 0 Å². The summed E-state index contributed by atoms with van der Waals surface area (Å²) in [4.78, 5) is 26.0. The van der Waals surface area contributed by atoms with Crippen molar-refractivity contribution >= 4 is 11.6 Å². The number of hydrogen-bond acceptors (Lipinski definition) is 6. The molecule has 1 heterocycles. The van der Waals surface area contributed by atoms with E-state index in [4.69, 9.17) is 9.47 Å². The summed E-state index contributed by atoms with van der Waals surface area (Å²) in [7, 11) is 0. The molecule has 0 saturated carbocycles. The fourth-order valence-corrected chi connectivity index (χ4v) is 4.35. The van der Waals surface area contributed by atoms with E-state index in [1.807, 2.05) is 6.92 Å². The highest BCUT2D eigenvalue weighted by Crippen LogP contribution is 2.52. The van der Waals surface area contributed by atoms with Crippen molar-refractivity contribution in [2.75, 3.05) is 0 Å². The van der Waals surface area contributed by atoms with Crippen molar-refractivity contribution in [1.29, 1.82) is 0 Å². The Morgan fingerprint density at radius 1 is 1.07 bits per heavy atom. The molecular weight excluding hydrogens is 372 g/mol. The van der Waals surface area contributed by atoms with Crippen LogP contribution in [0.1, 0.15) is 70.7 Å². The molecule has 150 valence electrons. The van der Waals surface area contributed by atoms with Gasteiger partial charge >= 0.3 is 0 Å². The number of benzene rings is 2. The highest BCUT2D eigenvalue weighted by molar-refractivity contribution is 6.30. The van der Waals surface area contributed by atoms with Crippen molar-refractivity contribution in [2.24, 2.45) is 0 Å². The van der Waals surface area contributed by atoms with Crippen LogP contribution in [-0.4, -0.2) is 33.2 Å². The van der Waals surface area contributed by atoms with Crippen molar-refractivity contribution < 1.29 is 29.3 Å². The first-order valence-corrected chi connectivity index (χ1v) is 9.36. The molecule has 6 heteroatoms. The smallest absolute Gasteiger partial charge is 0.198 e. The molecule has 0 aromatic heterocycles. The van der Waals surface area contributed by atoms with Gasteiger partial charge in [0.05, 0.1) is 11.1 Å². The van der Waals surface area contributed by atoms with Gasteiger partial charge in [-0.25, -0.2) is 0 Å². The van der Waals surface area contributed by atoms with Gasteiger partial charge in [-0.15, -0.1) is 6.58 Å².